The Hall–Kier alpha value is -3.18. The number of carbonyl (C=O) groups is 2. The first-order chi connectivity index (χ1) is 16.7. The van der Waals surface area contributed by atoms with Crippen molar-refractivity contribution in [3.63, 3.8) is 0 Å². The lowest BCUT2D eigenvalue weighted by Gasteiger charge is -2.34. The van der Waals surface area contributed by atoms with E-state index in [4.69, 9.17) is 4.74 Å². The lowest BCUT2D eigenvalue weighted by Crippen LogP contribution is -2.50. The molecule has 4 rings (SSSR count). The van der Waals surface area contributed by atoms with Crippen LogP contribution in [0, 0.1) is 5.82 Å². The average molecular weight is 494 g/mol. The molecule has 35 heavy (non-hydrogen) atoms. The number of morpholine rings is 1. The van der Waals surface area contributed by atoms with E-state index >= 15 is 0 Å². The number of nitrogens with zero attached hydrogens (tertiary/aromatic N) is 3. The Labute approximate surface area is 200 Å². The molecule has 2 saturated heterocycles. The van der Waals surface area contributed by atoms with E-state index in [2.05, 4.69) is 5.32 Å². The van der Waals surface area contributed by atoms with Gasteiger partial charge in [0.05, 0.1) is 31.0 Å². The van der Waals surface area contributed by atoms with E-state index in [0.29, 0.717) is 63.9 Å². The molecule has 0 bridgehead atoms. The van der Waals surface area contributed by atoms with Crippen LogP contribution in [0.5, 0.6) is 0 Å². The largest absolute Gasteiger partial charge is 0.416 e. The zero-order valence-electron chi connectivity index (χ0n) is 19.0. The molecule has 188 valence electrons. The summed E-state index contributed by atoms with van der Waals surface area (Å²) in [6.45, 7) is 3.93. The molecule has 2 aliphatic rings. The van der Waals surface area contributed by atoms with Gasteiger partial charge in [-0.2, -0.15) is 13.2 Å². The molecule has 2 aromatic rings. The number of amides is 2. The maximum absolute atomic E-state index is 14.5. The number of rotatable bonds is 5. The SMILES string of the molecule is O=C(CN1CCN(C(=O)c2ccc(C(F)(F)F)cc2)CC1)Nc1ccc(N2CCOCC2)c(F)c1. The smallest absolute Gasteiger partial charge is 0.378 e. The fourth-order valence-corrected chi connectivity index (χ4v) is 4.14. The van der Waals surface area contributed by atoms with Gasteiger partial charge >= 0.3 is 6.18 Å². The van der Waals surface area contributed by atoms with Gasteiger partial charge in [0.1, 0.15) is 5.82 Å². The fourth-order valence-electron chi connectivity index (χ4n) is 4.14. The summed E-state index contributed by atoms with van der Waals surface area (Å²) in [5.41, 5.74) is 0.216. The summed E-state index contributed by atoms with van der Waals surface area (Å²) in [5.74, 6) is -1.07. The molecule has 0 spiro atoms. The molecule has 1 N–H and O–H groups in total. The second kappa shape index (κ2) is 10.6. The second-order valence-electron chi connectivity index (χ2n) is 8.46. The van der Waals surface area contributed by atoms with Gasteiger partial charge in [-0.3, -0.25) is 14.5 Å². The topological polar surface area (TPSA) is 65.1 Å². The third-order valence-corrected chi connectivity index (χ3v) is 6.07. The highest BCUT2D eigenvalue weighted by Crippen LogP contribution is 2.29. The molecule has 2 fully saturated rings. The normalized spacial score (nSPS) is 17.4. The molecule has 2 amide bonds. The predicted octanol–water partition coefficient (Wildman–Crippen LogP) is 3.08. The summed E-state index contributed by atoms with van der Waals surface area (Å²) in [4.78, 5) is 30.4. The maximum Gasteiger partial charge on any atom is 0.416 e. The summed E-state index contributed by atoms with van der Waals surface area (Å²) >= 11 is 0. The molecule has 0 aliphatic carbocycles. The first kappa shape index (κ1) is 24.9. The van der Waals surface area contributed by atoms with E-state index in [1.807, 2.05) is 9.80 Å². The van der Waals surface area contributed by atoms with Gasteiger partial charge in [-0.15, -0.1) is 0 Å². The Kier molecular flexibility index (Phi) is 7.56. The molecular weight excluding hydrogens is 468 g/mol. The fraction of sp³-hybridized carbons (Fsp3) is 0.417. The summed E-state index contributed by atoms with van der Waals surface area (Å²) in [5, 5.41) is 2.70. The van der Waals surface area contributed by atoms with Crippen LogP contribution in [0.15, 0.2) is 42.5 Å². The van der Waals surface area contributed by atoms with E-state index in [0.717, 1.165) is 12.1 Å². The van der Waals surface area contributed by atoms with Crippen LogP contribution in [-0.2, 0) is 15.7 Å². The molecule has 7 nitrogen and oxygen atoms in total. The van der Waals surface area contributed by atoms with E-state index in [9.17, 15) is 27.2 Å². The Morgan fingerprint density at radius 3 is 2.17 bits per heavy atom. The maximum atomic E-state index is 14.5. The second-order valence-corrected chi connectivity index (χ2v) is 8.46. The zero-order chi connectivity index (χ0) is 25.0. The number of carbonyl (C=O) groups excluding carboxylic acids is 2. The van der Waals surface area contributed by atoms with Crippen molar-refractivity contribution in [2.75, 3.05) is 69.2 Å². The highest BCUT2D eigenvalue weighted by atomic mass is 19.4. The molecule has 0 radical (unpaired) electrons. The molecule has 2 heterocycles. The molecular formula is C24H26F4N4O3. The van der Waals surface area contributed by atoms with Gasteiger partial charge in [0.25, 0.3) is 5.91 Å². The third kappa shape index (κ3) is 6.29. The molecule has 11 heteroatoms. The first-order valence-corrected chi connectivity index (χ1v) is 11.3. The number of hydrogen-bond acceptors (Lipinski definition) is 5. The van der Waals surface area contributed by atoms with E-state index in [-0.39, 0.29) is 23.9 Å². The molecule has 0 unspecified atom stereocenters. The van der Waals surface area contributed by atoms with Crippen LogP contribution in [0.25, 0.3) is 0 Å². The third-order valence-electron chi connectivity index (χ3n) is 6.07. The van der Waals surface area contributed by atoms with Gasteiger partial charge in [0, 0.05) is 50.5 Å². The van der Waals surface area contributed by atoms with Crippen LogP contribution < -0.4 is 10.2 Å². The Morgan fingerprint density at radius 1 is 0.914 bits per heavy atom. The predicted molar refractivity (Wildman–Crippen MR) is 122 cm³/mol. The number of piperazine rings is 1. The first-order valence-electron chi connectivity index (χ1n) is 11.3. The summed E-state index contributed by atoms with van der Waals surface area (Å²) < 4.78 is 58.0. The number of alkyl halides is 3. The van der Waals surface area contributed by atoms with Crippen LogP contribution in [0.1, 0.15) is 15.9 Å². The minimum Gasteiger partial charge on any atom is -0.378 e. The van der Waals surface area contributed by atoms with E-state index < -0.39 is 17.6 Å². The minimum absolute atomic E-state index is 0.0785. The summed E-state index contributed by atoms with van der Waals surface area (Å²) in [6, 6.07) is 8.73. The Balaban J connectivity index is 1.25. The quantitative estimate of drug-likeness (QED) is 0.648. The number of anilines is 2. The molecule has 0 atom stereocenters. The average Bonchev–Trinajstić information content (AvgIpc) is 2.84. The monoisotopic (exact) mass is 494 g/mol. The van der Waals surface area contributed by atoms with Crippen molar-refractivity contribution >= 4 is 23.2 Å². The van der Waals surface area contributed by atoms with E-state index in [1.165, 1.54) is 18.2 Å². The summed E-state index contributed by atoms with van der Waals surface area (Å²) in [7, 11) is 0. The lowest BCUT2D eigenvalue weighted by molar-refractivity contribution is -0.137. The van der Waals surface area contributed by atoms with Crippen molar-refractivity contribution in [1.82, 2.24) is 9.80 Å². The minimum atomic E-state index is -4.45. The molecule has 0 aromatic heterocycles. The van der Waals surface area contributed by atoms with Crippen LogP contribution in [0.3, 0.4) is 0 Å². The van der Waals surface area contributed by atoms with Gasteiger partial charge < -0.3 is 19.9 Å². The van der Waals surface area contributed by atoms with Gasteiger partial charge in [0.2, 0.25) is 5.91 Å². The highest BCUT2D eigenvalue weighted by molar-refractivity contribution is 5.94. The Bertz CT molecular complexity index is 1050. The van der Waals surface area contributed by atoms with Crippen molar-refractivity contribution in [1.29, 1.82) is 0 Å². The van der Waals surface area contributed by atoms with Gasteiger partial charge in [-0.25, -0.2) is 4.39 Å². The number of nitrogens with one attached hydrogen (secondary N) is 1. The van der Waals surface area contributed by atoms with Crippen molar-refractivity contribution in [2.45, 2.75) is 6.18 Å². The van der Waals surface area contributed by atoms with E-state index in [1.54, 1.807) is 17.0 Å². The Morgan fingerprint density at radius 2 is 1.57 bits per heavy atom. The standard InChI is InChI=1S/C24H26F4N4O3/c25-20-15-19(5-6-21(20)31-11-13-35-14-12-31)29-22(33)16-30-7-9-32(10-8-30)23(34)17-1-3-18(4-2-17)24(26,27)28/h1-6,15H,7-14,16H2,(H,29,33). The number of benzene rings is 2. The molecule has 2 aromatic carbocycles. The van der Waals surface area contributed by atoms with Crippen molar-refractivity contribution in [3.05, 3.63) is 59.4 Å². The zero-order valence-corrected chi connectivity index (χ0v) is 19.0. The lowest BCUT2D eigenvalue weighted by atomic mass is 10.1. The van der Waals surface area contributed by atoms with Gasteiger partial charge in [0.15, 0.2) is 0 Å². The number of halogens is 4. The highest BCUT2D eigenvalue weighted by Gasteiger charge is 2.31. The van der Waals surface area contributed by atoms with Crippen molar-refractivity contribution in [2.24, 2.45) is 0 Å². The molecule has 2 aliphatic heterocycles. The van der Waals surface area contributed by atoms with Gasteiger partial charge in [-0.1, -0.05) is 0 Å². The van der Waals surface area contributed by atoms with Crippen LogP contribution in [-0.4, -0.2) is 80.6 Å². The van der Waals surface area contributed by atoms with Crippen molar-refractivity contribution < 1.29 is 31.9 Å². The van der Waals surface area contributed by atoms with Gasteiger partial charge in [-0.05, 0) is 42.5 Å². The number of hydrogen-bond donors (Lipinski definition) is 1. The van der Waals surface area contributed by atoms with Crippen LogP contribution >= 0.6 is 0 Å². The van der Waals surface area contributed by atoms with Crippen LogP contribution in [0.2, 0.25) is 0 Å². The van der Waals surface area contributed by atoms with Crippen LogP contribution in [0.4, 0.5) is 28.9 Å². The molecule has 0 saturated carbocycles. The number of ether oxygens (including phenoxy) is 1. The summed E-state index contributed by atoms with van der Waals surface area (Å²) in [6.07, 6.45) is -4.45. The van der Waals surface area contributed by atoms with Crippen molar-refractivity contribution in [3.8, 4) is 0 Å².